The van der Waals surface area contributed by atoms with E-state index >= 15 is 0 Å². The van der Waals surface area contributed by atoms with Crippen molar-refractivity contribution in [1.82, 2.24) is 0 Å². The molecule has 0 aromatic heterocycles. The van der Waals surface area contributed by atoms with Crippen molar-refractivity contribution in [1.29, 1.82) is 0 Å². The fourth-order valence-electron chi connectivity index (χ4n) is 1.24. The summed E-state index contributed by atoms with van der Waals surface area (Å²) in [6.45, 7) is 2.87. The van der Waals surface area contributed by atoms with Gasteiger partial charge in [-0.15, -0.1) is 0 Å². The molecule has 6 nitrogen and oxygen atoms in total. The monoisotopic (exact) mass is 239 g/mol. The van der Waals surface area contributed by atoms with Gasteiger partial charge in [0.05, 0.1) is 16.6 Å². The maximum Gasteiger partial charge on any atom is 0.270 e. The first-order valence-corrected chi connectivity index (χ1v) is 5.02. The van der Waals surface area contributed by atoms with E-state index in [0.717, 1.165) is 0 Å². The summed E-state index contributed by atoms with van der Waals surface area (Å²) in [5, 5.41) is 19.6. The lowest BCUT2D eigenvalue weighted by atomic mass is 10.1. The number of hydrogen-bond donors (Lipinski definition) is 1. The van der Waals surface area contributed by atoms with E-state index in [-0.39, 0.29) is 29.4 Å². The second kappa shape index (κ2) is 5.40. The first-order chi connectivity index (χ1) is 7.91. The van der Waals surface area contributed by atoms with Crippen LogP contribution >= 0.6 is 0 Å². The Hall–Kier alpha value is -1.95. The topological polar surface area (TPSA) is 89.7 Å². The highest BCUT2D eigenvalue weighted by Gasteiger charge is 2.15. The van der Waals surface area contributed by atoms with Gasteiger partial charge in [-0.2, -0.15) is 0 Å². The van der Waals surface area contributed by atoms with Gasteiger partial charge in [-0.3, -0.25) is 14.9 Å². The van der Waals surface area contributed by atoms with Crippen molar-refractivity contribution in [3.63, 3.8) is 0 Å². The molecule has 1 N–H and O–H groups in total. The number of carbonyl (C=O) groups is 1. The molecule has 1 unspecified atom stereocenters. The number of rotatable bonds is 5. The standard InChI is InChI=1S/C11H13NO5/c1-7(13)6-17-11-4-3-9(12(15)16)5-10(11)8(2)14/h3-5,7,13H,6H2,1-2H3. The Kier molecular flexibility index (Phi) is 4.17. The predicted octanol–water partition coefficient (Wildman–Crippen LogP) is 1.56. The van der Waals surface area contributed by atoms with Crippen LogP contribution in [0.2, 0.25) is 0 Å². The fraction of sp³-hybridized carbons (Fsp3) is 0.364. The van der Waals surface area contributed by atoms with Crippen molar-refractivity contribution in [3.05, 3.63) is 33.9 Å². The average molecular weight is 239 g/mol. The highest BCUT2D eigenvalue weighted by atomic mass is 16.6. The number of nitro groups is 1. The van der Waals surface area contributed by atoms with Crippen LogP contribution in [0.4, 0.5) is 5.69 Å². The second-order valence-corrected chi connectivity index (χ2v) is 3.65. The lowest BCUT2D eigenvalue weighted by Crippen LogP contribution is -2.14. The van der Waals surface area contributed by atoms with E-state index in [2.05, 4.69) is 0 Å². The largest absolute Gasteiger partial charge is 0.490 e. The molecule has 0 spiro atoms. The van der Waals surface area contributed by atoms with Crippen molar-refractivity contribution < 1.29 is 19.6 Å². The Bertz CT molecular complexity index is 441. The molecule has 0 saturated heterocycles. The van der Waals surface area contributed by atoms with Gasteiger partial charge in [0.1, 0.15) is 12.4 Å². The van der Waals surface area contributed by atoms with Gasteiger partial charge in [0.15, 0.2) is 5.78 Å². The average Bonchev–Trinajstić information content (AvgIpc) is 2.25. The van der Waals surface area contributed by atoms with Crippen LogP contribution in [0.3, 0.4) is 0 Å². The Morgan fingerprint density at radius 1 is 1.59 bits per heavy atom. The number of carbonyl (C=O) groups excluding carboxylic acids is 1. The van der Waals surface area contributed by atoms with E-state index in [1.807, 2.05) is 0 Å². The van der Waals surface area contributed by atoms with E-state index in [9.17, 15) is 14.9 Å². The zero-order chi connectivity index (χ0) is 13.0. The number of benzene rings is 1. The summed E-state index contributed by atoms with van der Waals surface area (Å²) < 4.78 is 5.20. The molecule has 92 valence electrons. The third-order valence-corrected chi connectivity index (χ3v) is 2.03. The summed E-state index contributed by atoms with van der Waals surface area (Å²) in [5.41, 5.74) is -0.0283. The number of nitro benzene ring substituents is 1. The number of Topliss-reactive ketones (excluding diaryl/α,β-unsaturated/α-hetero) is 1. The molecule has 0 aliphatic heterocycles. The van der Waals surface area contributed by atoms with Crippen molar-refractivity contribution in [2.75, 3.05) is 6.61 Å². The van der Waals surface area contributed by atoms with Gasteiger partial charge in [-0.25, -0.2) is 0 Å². The summed E-state index contributed by atoms with van der Waals surface area (Å²) in [7, 11) is 0. The molecule has 0 heterocycles. The zero-order valence-corrected chi connectivity index (χ0v) is 9.54. The number of ketones is 1. The zero-order valence-electron chi connectivity index (χ0n) is 9.54. The molecule has 17 heavy (non-hydrogen) atoms. The van der Waals surface area contributed by atoms with E-state index in [0.29, 0.717) is 0 Å². The van der Waals surface area contributed by atoms with E-state index < -0.39 is 11.0 Å². The molecule has 1 rings (SSSR count). The molecular formula is C11H13NO5. The number of aliphatic hydroxyl groups excluding tert-OH is 1. The van der Waals surface area contributed by atoms with Crippen LogP contribution in [-0.4, -0.2) is 28.5 Å². The van der Waals surface area contributed by atoms with Gasteiger partial charge in [-0.05, 0) is 19.9 Å². The predicted molar refractivity (Wildman–Crippen MR) is 60.3 cm³/mol. The van der Waals surface area contributed by atoms with Gasteiger partial charge < -0.3 is 9.84 Å². The van der Waals surface area contributed by atoms with Crippen LogP contribution in [0.5, 0.6) is 5.75 Å². The Morgan fingerprint density at radius 3 is 2.71 bits per heavy atom. The summed E-state index contributed by atoms with van der Waals surface area (Å²) in [6.07, 6.45) is -0.676. The number of aliphatic hydroxyl groups is 1. The molecule has 1 aromatic rings. The van der Waals surface area contributed by atoms with Crippen LogP contribution in [0.1, 0.15) is 24.2 Å². The van der Waals surface area contributed by atoms with Crippen LogP contribution in [-0.2, 0) is 0 Å². The van der Waals surface area contributed by atoms with E-state index in [4.69, 9.17) is 9.84 Å². The quantitative estimate of drug-likeness (QED) is 0.478. The third kappa shape index (κ3) is 3.53. The van der Waals surface area contributed by atoms with Crippen molar-refractivity contribution in [2.45, 2.75) is 20.0 Å². The SMILES string of the molecule is CC(=O)c1cc([N+](=O)[O-])ccc1OCC(C)O. The molecule has 0 aliphatic rings. The smallest absolute Gasteiger partial charge is 0.270 e. The maximum absolute atomic E-state index is 11.3. The van der Waals surface area contributed by atoms with Gasteiger partial charge in [-0.1, -0.05) is 0 Å². The summed E-state index contributed by atoms with van der Waals surface area (Å²) in [5.74, 6) is -0.0849. The third-order valence-electron chi connectivity index (χ3n) is 2.03. The lowest BCUT2D eigenvalue weighted by molar-refractivity contribution is -0.384. The second-order valence-electron chi connectivity index (χ2n) is 3.65. The molecule has 0 bridgehead atoms. The minimum atomic E-state index is -0.676. The van der Waals surface area contributed by atoms with Gasteiger partial charge in [0, 0.05) is 12.1 Å². The molecule has 0 amide bonds. The van der Waals surface area contributed by atoms with Gasteiger partial charge >= 0.3 is 0 Å². The molecule has 6 heteroatoms. The van der Waals surface area contributed by atoms with Crippen molar-refractivity contribution >= 4 is 11.5 Å². The molecular weight excluding hydrogens is 226 g/mol. The van der Waals surface area contributed by atoms with E-state index in [1.54, 1.807) is 6.92 Å². The van der Waals surface area contributed by atoms with Crippen LogP contribution in [0.15, 0.2) is 18.2 Å². The Labute approximate surface area is 98.0 Å². The number of non-ortho nitro benzene ring substituents is 1. The minimum Gasteiger partial charge on any atom is -0.490 e. The summed E-state index contributed by atoms with van der Waals surface area (Å²) in [6, 6.07) is 3.78. The van der Waals surface area contributed by atoms with Crippen LogP contribution < -0.4 is 4.74 Å². The van der Waals surface area contributed by atoms with Crippen molar-refractivity contribution in [3.8, 4) is 5.75 Å². The normalized spacial score (nSPS) is 11.9. The molecule has 0 radical (unpaired) electrons. The fourth-order valence-corrected chi connectivity index (χ4v) is 1.24. The van der Waals surface area contributed by atoms with Gasteiger partial charge in [0.25, 0.3) is 5.69 Å². The van der Waals surface area contributed by atoms with Gasteiger partial charge in [0.2, 0.25) is 0 Å². The molecule has 0 fully saturated rings. The van der Waals surface area contributed by atoms with Crippen LogP contribution in [0.25, 0.3) is 0 Å². The first-order valence-electron chi connectivity index (χ1n) is 5.02. The highest BCUT2D eigenvalue weighted by molar-refractivity contribution is 5.97. The maximum atomic E-state index is 11.3. The number of nitrogens with zero attached hydrogens (tertiary/aromatic N) is 1. The van der Waals surface area contributed by atoms with Crippen LogP contribution in [0, 0.1) is 10.1 Å². The Morgan fingerprint density at radius 2 is 2.24 bits per heavy atom. The molecule has 0 saturated carbocycles. The summed E-state index contributed by atoms with van der Waals surface area (Å²) in [4.78, 5) is 21.3. The van der Waals surface area contributed by atoms with E-state index in [1.165, 1.54) is 25.1 Å². The highest BCUT2D eigenvalue weighted by Crippen LogP contribution is 2.24. The number of ether oxygens (including phenoxy) is 1. The first kappa shape index (κ1) is 13.1. The number of hydrogen-bond acceptors (Lipinski definition) is 5. The van der Waals surface area contributed by atoms with Crippen molar-refractivity contribution in [2.24, 2.45) is 0 Å². The summed E-state index contributed by atoms with van der Waals surface area (Å²) >= 11 is 0. The minimum absolute atomic E-state index is 0.0259. The molecule has 0 aliphatic carbocycles. The molecule has 1 atom stereocenters. The lowest BCUT2D eigenvalue weighted by Gasteiger charge is -2.10. The Balaban J connectivity index is 3.04. The molecule has 1 aromatic carbocycles.